The molecule has 1 saturated carbocycles. The van der Waals surface area contributed by atoms with E-state index in [1.54, 1.807) is 20.8 Å². The molecule has 0 unspecified atom stereocenters. The lowest BCUT2D eigenvalue weighted by Crippen LogP contribution is -2.47. The van der Waals surface area contributed by atoms with Crippen LogP contribution in [0.15, 0.2) is 18.2 Å². The van der Waals surface area contributed by atoms with Crippen molar-refractivity contribution in [3.8, 4) is 0 Å². The standard InChI is InChI=1S/C22H28F6N2O3/c1-20(2,3)18(32)19(33)30-15-6-4-12(5-7-15)8-17(31)29-16-10-13(21(23,24)25)9-14(11-16)22(26,27)28/h9-12,15,18,32H,4-8H2,1-3H3,(H,29,31)(H,30,33)/t12?,15?,18-/m1/s1. The third-order valence-electron chi connectivity index (χ3n) is 5.61. The second-order valence-corrected chi connectivity index (χ2v) is 9.54. The average Bonchev–Trinajstić information content (AvgIpc) is 2.66. The minimum Gasteiger partial charge on any atom is -0.383 e. The number of carbonyl (C=O) groups excluding carboxylic acids is 2. The van der Waals surface area contributed by atoms with E-state index in [1.807, 2.05) is 0 Å². The molecule has 0 saturated heterocycles. The molecule has 1 aliphatic carbocycles. The van der Waals surface area contributed by atoms with Crippen LogP contribution in [0.4, 0.5) is 32.0 Å². The number of rotatable bonds is 5. The molecule has 1 aromatic carbocycles. The van der Waals surface area contributed by atoms with Gasteiger partial charge in [-0.3, -0.25) is 9.59 Å². The first-order valence-electron chi connectivity index (χ1n) is 10.5. The van der Waals surface area contributed by atoms with E-state index in [0.717, 1.165) is 0 Å². The van der Waals surface area contributed by atoms with Crippen LogP contribution >= 0.6 is 0 Å². The van der Waals surface area contributed by atoms with Crippen LogP contribution in [-0.2, 0) is 21.9 Å². The lowest BCUT2D eigenvalue weighted by molar-refractivity contribution is -0.143. The van der Waals surface area contributed by atoms with Crippen LogP contribution in [0.25, 0.3) is 0 Å². The quantitative estimate of drug-likeness (QED) is 0.509. The topological polar surface area (TPSA) is 78.4 Å². The Labute approximate surface area is 187 Å². The summed E-state index contributed by atoms with van der Waals surface area (Å²) in [4.78, 5) is 24.4. The summed E-state index contributed by atoms with van der Waals surface area (Å²) >= 11 is 0. The molecule has 1 aromatic rings. The molecule has 33 heavy (non-hydrogen) atoms. The number of aliphatic hydroxyl groups excluding tert-OH is 1. The summed E-state index contributed by atoms with van der Waals surface area (Å²) in [5.41, 5.74) is -4.18. The van der Waals surface area contributed by atoms with Gasteiger partial charge in [0.15, 0.2) is 0 Å². The van der Waals surface area contributed by atoms with Gasteiger partial charge in [0.25, 0.3) is 0 Å². The molecule has 0 radical (unpaired) electrons. The van der Waals surface area contributed by atoms with Crippen LogP contribution in [-0.4, -0.2) is 29.1 Å². The predicted octanol–water partition coefficient (Wildman–Crippen LogP) is 5.13. The number of hydrogen-bond acceptors (Lipinski definition) is 3. The molecule has 0 heterocycles. The zero-order valence-electron chi connectivity index (χ0n) is 18.5. The van der Waals surface area contributed by atoms with Crippen LogP contribution in [0.5, 0.6) is 0 Å². The number of benzene rings is 1. The van der Waals surface area contributed by atoms with E-state index in [4.69, 9.17) is 0 Å². The summed E-state index contributed by atoms with van der Waals surface area (Å²) in [5, 5.41) is 15.0. The van der Waals surface area contributed by atoms with Gasteiger partial charge in [0.1, 0.15) is 6.10 Å². The summed E-state index contributed by atoms with van der Waals surface area (Å²) in [6.07, 6.45) is -9.06. The monoisotopic (exact) mass is 482 g/mol. The Morgan fingerprint density at radius 1 is 0.939 bits per heavy atom. The summed E-state index contributed by atoms with van der Waals surface area (Å²) < 4.78 is 77.8. The molecule has 1 atom stereocenters. The summed E-state index contributed by atoms with van der Waals surface area (Å²) in [7, 11) is 0. The second-order valence-electron chi connectivity index (χ2n) is 9.54. The Kier molecular flexibility index (Phi) is 8.09. The van der Waals surface area contributed by atoms with E-state index >= 15 is 0 Å². The summed E-state index contributed by atoms with van der Waals surface area (Å²) in [6, 6.07) is 0.772. The van der Waals surface area contributed by atoms with Gasteiger partial charge in [0.2, 0.25) is 11.8 Å². The zero-order chi connectivity index (χ0) is 25.2. The number of alkyl halides is 6. The van der Waals surface area contributed by atoms with Crippen molar-refractivity contribution < 1.29 is 41.0 Å². The van der Waals surface area contributed by atoms with E-state index in [9.17, 15) is 41.0 Å². The number of hydrogen-bond donors (Lipinski definition) is 3. The van der Waals surface area contributed by atoms with Gasteiger partial charge in [-0.2, -0.15) is 26.3 Å². The van der Waals surface area contributed by atoms with Gasteiger partial charge in [-0.15, -0.1) is 0 Å². The highest BCUT2D eigenvalue weighted by Gasteiger charge is 2.37. The Balaban J connectivity index is 1.94. The van der Waals surface area contributed by atoms with E-state index in [2.05, 4.69) is 10.6 Å². The molecule has 0 spiro atoms. The van der Waals surface area contributed by atoms with Gasteiger partial charge < -0.3 is 15.7 Å². The van der Waals surface area contributed by atoms with Crippen molar-refractivity contribution in [3.05, 3.63) is 29.3 Å². The molecule has 3 N–H and O–H groups in total. The van der Waals surface area contributed by atoms with E-state index in [1.165, 1.54) is 0 Å². The van der Waals surface area contributed by atoms with Crippen molar-refractivity contribution in [1.29, 1.82) is 0 Å². The molecular weight excluding hydrogens is 454 g/mol. The SMILES string of the molecule is CC(C)(C)[C@H](O)C(=O)NC1CCC(CC(=O)Nc2cc(C(F)(F)F)cc(C(F)(F)F)c2)CC1. The molecule has 0 aliphatic heterocycles. The number of aliphatic hydroxyl groups is 1. The number of nitrogens with one attached hydrogen (secondary N) is 2. The Bertz CT molecular complexity index is 821. The van der Waals surface area contributed by atoms with Crippen molar-refractivity contribution in [1.82, 2.24) is 5.32 Å². The second kappa shape index (κ2) is 9.90. The van der Waals surface area contributed by atoms with Gasteiger partial charge in [0.05, 0.1) is 11.1 Å². The van der Waals surface area contributed by atoms with Gasteiger partial charge in [-0.1, -0.05) is 20.8 Å². The molecule has 1 aliphatic rings. The van der Waals surface area contributed by atoms with E-state index in [0.29, 0.717) is 37.8 Å². The largest absolute Gasteiger partial charge is 0.416 e. The highest BCUT2D eigenvalue weighted by molar-refractivity contribution is 5.91. The Hall–Kier alpha value is -2.30. The number of carbonyl (C=O) groups is 2. The molecule has 0 aromatic heterocycles. The fourth-order valence-electron chi connectivity index (χ4n) is 3.69. The fourth-order valence-corrected chi connectivity index (χ4v) is 3.69. The van der Waals surface area contributed by atoms with Crippen molar-refractivity contribution in [2.45, 2.75) is 77.4 Å². The summed E-state index contributed by atoms with van der Waals surface area (Å²) in [6.45, 7) is 5.19. The number of halogens is 6. The van der Waals surface area contributed by atoms with E-state index < -0.39 is 52.5 Å². The summed E-state index contributed by atoms with van der Waals surface area (Å²) in [5.74, 6) is -1.29. The molecule has 186 valence electrons. The molecule has 11 heteroatoms. The van der Waals surface area contributed by atoms with Crippen molar-refractivity contribution in [2.75, 3.05) is 5.32 Å². The Morgan fingerprint density at radius 3 is 1.85 bits per heavy atom. The average molecular weight is 482 g/mol. The van der Waals surface area contributed by atoms with Crippen LogP contribution in [0.3, 0.4) is 0 Å². The lowest BCUT2D eigenvalue weighted by Gasteiger charge is -2.31. The normalized spacial score (nSPS) is 20.8. The first-order valence-corrected chi connectivity index (χ1v) is 10.5. The van der Waals surface area contributed by atoms with Crippen molar-refractivity contribution in [2.24, 2.45) is 11.3 Å². The van der Waals surface area contributed by atoms with E-state index in [-0.39, 0.29) is 24.4 Å². The molecule has 2 rings (SSSR count). The zero-order valence-corrected chi connectivity index (χ0v) is 18.5. The van der Waals surface area contributed by atoms with Crippen LogP contribution in [0.2, 0.25) is 0 Å². The maximum Gasteiger partial charge on any atom is 0.416 e. The minimum absolute atomic E-state index is 0.00181. The first kappa shape index (κ1) is 26.9. The van der Waals surface area contributed by atoms with Crippen LogP contribution in [0, 0.1) is 11.3 Å². The third kappa shape index (κ3) is 7.90. The first-order chi connectivity index (χ1) is 15.0. The maximum absolute atomic E-state index is 13.0. The molecule has 5 nitrogen and oxygen atoms in total. The lowest BCUT2D eigenvalue weighted by atomic mass is 9.83. The fraction of sp³-hybridized carbons (Fsp3) is 0.636. The number of anilines is 1. The molecular formula is C22H28F6N2O3. The third-order valence-corrected chi connectivity index (χ3v) is 5.61. The number of amides is 2. The molecule has 0 bridgehead atoms. The predicted molar refractivity (Wildman–Crippen MR) is 109 cm³/mol. The van der Waals surface area contributed by atoms with Gasteiger partial charge in [0, 0.05) is 18.2 Å². The van der Waals surface area contributed by atoms with Crippen LogP contribution < -0.4 is 10.6 Å². The van der Waals surface area contributed by atoms with Crippen molar-refractivity contribution in [3.63, 3.8) is 0 Å². The van der Waals surface area contributed by atoms with Gasteiger partial charge in [-0.05, 0) is 55.2 Å². The van der Waals surface area contributed by atoms with Gasteiger partial charge >= 0.3 is 12.4 Å². The minimum atomic E-state index is -5.00. The molecule has 1 fully saturated rings. The maximum atomic E-state index is 13.0. The highest BCUT2D eigenvalue weighted by Crippen LogP contribution is 2.37. The Morgan fingerprint density at radius 2 is 1.42 bits per heavy atom. The molecule has 2 amide bonds. The van der Waals surface area contributed by atoms with Gasteiger partial charge in [-0.25, -0.2) is 0 Å². The smallest absolute Gasteiger partial charge is 0.383 e. The highest BCUT2D eigenvalue weighted by atomic mass is 19.4. The van der Waals surface area contributed by atoms with Crippen LogP contribution in [0.1, 0.15) is 64.0 Å². The van der Waals surface area contributed by atoms with Crippen molar-refractivity contribution >= 4 is 17.5 Å².